The second-order valence-electron chi connectivity index (χ2n) is 18.7. The lowest BCUT2D eigenvalue weighted by Crippen LogP contribution is -2.59. The van der Waals surface area contributed by atoms with Crippen LogP contribution in [0.2, 0.25) is 0 Å². The van der Waals surface area contributed by atoms with Crippen LogP contribution in [-0.2, 0) is 28.5 Å². The predicted molar refractivity (Wildman–Crippen MR) is 256 cm³/mol. The summed E-state index contributed by atoms with van der Waals surface area (Å²) in [7, 11) is 0. The highest BCUT2D eigenvalue weighted by atomic mass is 16.7. The minimum absolute atomic E-state index is 0.212. The van der Waals surface area contributed by atoms with Crippen LogP contribution in [0.5, 0.6) is 0 Å². The van der Waals surface area contributed by atoms with Crippen molar-refractivity contribution < 1.29 is 49.0 Å². The Morgan fingerprint density at radius 2 is 0.841 bits per heavy atom. The van der Waals surface area contributed by atoms with Gasteiger partial charge in [0.1, 0.15) is 31.0 Å². The highest BCUT2D eigenvalue weighted by Crippen LogP contribution is 2.23. The Bertz CT molecular complexity index is 1040. The van der Waals surface area contributed by atoms with Crippen LogP contribution in [0.1, 0.15) is 258 Å². The summed E-state index contributed by atoms with van der Waals surface area (Å²) in [4.78, 5) is 25.5. The second-order valence-corrected chi connectivity index (χ2v) is 18.7. The van der Waals surface area contributed by atoms with Crippen LogP contribution in [0.3, 0.4) is 0 Å². The van der Waals surface area contributed by atoms with Gasteiger partial charge in [-0.25, -0.2) is 0 Å². The molecule has 1 rings (SSSR count). The van der Waals surface area contributed by atoms with Crippen molar-refractivity contribution in [3.8, 4) is 0 Å². The number of carbonyl (C=O) groups is 2. The lowest BCUT2D eigenvalue weighted by molar-refractivity contribution is -0.305. The van der Waals surface area contributed by atoms with Crippen molar-refractivity contribution in [1.29, 1.82) is 0 Å². The van der Waals surface area contributed by atoms with Gasteiger partial charge in [-0.1, -0.05) is 219 Å². The SMILES string of the molecule is CCCCCC/C=C/CCCCCCCCCCCC(=O)OC[C@H](CO[C@@H]1O[C@H](CO)[C@H](O)C(O)C1O)OC(=O)CCCCCCCCCCCCCCCCCCCCCCC. The number of rotatable bonds is 46. The van der Waals surface area contributed by atoms with E-state index in [9.17, 15) is 30.0 Å². The third-order valence-corrected chi connectivity index (χ3v) is 12.7. The molecule has 0 aromatic heterocycles. The Hall–Kier alpha value is -1.56. The highest BCUT2D eigenvalue weighted by molar-refractivity contribution is 5.70. The van der Waals surface area contributed by atoms with Gasteiger partial charge >= 0.3 is 11.9 Å². The van der Waals surface area contributed by atoms with E-state index in [1.807, 2.05) is 0 Å². The van der Waals surface area contributed by atoms with Crippen LogP contribution in [0.15, 0.2) is 12.2 Å². The number of ether oxygens (including phenoxy) is 4. The van der Waals surface area contributed by atoms with Gasteiger partial charge in [0, 0.05) is 12.8 Å². The first-order valence-corrected chi connectivity index (χ1v) is 26.8. The van der Waals surface area contributed by atoms with E-state index in [-0.39, 0.29) is 32.0 Å². The zero-order valence-electron chi connectivity index (χ0n) is 40.8. The lowest BCUT2D eigenvalue weighted by atomic mass is 9.99. The van der Waals surface area contributed by atoms with Gasteiger partial charge in [0.05, 0.1) is 13.2 Å². The van der Waals surface area contributed by atoms with E-state index in [2.05, 4.69) is 26.0 Å². The molecule has 1 aliphatic heterocycles. The molecule has 2 unspecified atom stereocenters. The first-order chi connectivity index (χ1) is 30.8. The molecule has 4 N–H and O–H groups in total. The van der Waals surface area contributed by atoms with Gasteiger partial charge in [-0.15, -0.1) is 0 Å². The number of hydrogen-bond donors (Lipinski definition) is 4. The molecule has 0 amide bonds. The Morgan fingerprint density at radius 3 is 1.25 bits per heavy atom. The second kappa shape index (κ2) is 44.3. The van der Waals surface area contributed by atoms with Gasteiger partial charge in [-0.3, -0.25) is 9.59 Å². The fraction of sp³-hybridized carbons (Fsp3) is 0.925. The lowest BCUT2D eigenvalue weighted by Gasteiger charge is -2.39. The summed E-state index contributed by atoms with van der Waals surface area (Å²) in [6.45, 7) is 3.46. The molecule has 1 fully saturated rings. The van der Waals surface area contributed by atoms with Gasteiger partial charge in [0.15, 0.2) is 12.4 Å². The van der Waals surface area contributed by atoms with E-state index in [4.69, 9.17) is 18.9 Å². The van der Waals surface area contributed by atoms with Crippen LogP contribution in [-0.4, -0.2) is 89.0 Å². The summed E-state index contributed by atoms with van der Waals surface area (Å²) < 4.78 is 22.3. The van der Waals surface area contributed by atoms with Crippen molar-refractivity contribution >= 4 is 11.9 Å². The molecule has 63 heavy (non-hydrogen) atoms. The monoisotopic (exact) mass is 897 g/mol. The van der Waals surface area contributed by atoms with Gasteiger partial charge in [0.25, 0.3) is 0 Å². The van der Waals surface area contributed by atoms with Crippen molar-refractivity contribution in [2.24, 2.45) is 0 Å². The van der Waals surface area contributed by atoms with Crippen molar-refractivity contribution in [3.05, 3.63) is 12.2 Å². The predicted octanol–water partition coefficient (Wildman–Crippen LogP) is 12.7. The van der Waals surface area contributed by atoms with Gasteiger partial charge in [-0.05, 0) is 38.5 Å². The summed E-state index contributed by atoms with van der Waals surface area (Å²) in [5, 5.41) is 40.2. The molecular weight excluding hydrogens is 797 g/mol. The smallest absolute Gasteiger partial charge is 0.306 e. The number of allylic oxidation sites excluding steroid dienone is 2. The summed E-state index contributed by atoms with van der Waals surface area (Å²) >= 11 is 0. The molecule has 0 saturated carbocycles. The van der Waals surface area contributed by atoms with E-state index in [0.717, 1.165) is 38.5 Å². The van der Waals surface area contributed by atoms with E-state index < -0.39 is 49.4 Å². The number of unbranched alkanes of at least 4 members (excludes halogenated alkanes) is 33. The Kier molecular flexibility index (Phi) is 41.8. The zero-order valence-corrected chi connectivity index (χ0v) is 40.8. The molecule has 0 aromatic rings. The van der Waals surface area contributed by atoms with Crippen LogP contribution >= 0.6 is 0 Å². The number of aliphatic hydroxyl groups excluding tert-OH is 4. The van der Waals surface area contributed by atoms with E-state index in [1.165, 1.54) is 186 Å². The molecular formula is C53H100O10. The van der Waals surface area contributed by atoms with E-state index in [1.54, 1.807) is 0 Å². The number of carbonyl (C=O) groups excluding carboxylic acids is 2. The molecule has 0 spiro atoms. The number of esters is 2. The minimum atomic E-state index is -1.59. The molecule has 0 aromatic carbocycles. The average Bonchev–Trinajstić information content (AvgIpc) is 3.28. The molecule has 1 aliphatic rings. The molecule has 372 valence electrons. The molecule has 10 heteroatoms. The Morgan fingerprint density at radius 1 is 0.476 bits per heavy atom. The number of hydrogen-bond acceptors (Lipinski definition) is 10. The molecule has 10 nitrogen and oxygen atoms in total. The van der Waals surface area contributed by atoms with Gasteiger partial charge in [0.2, 0.25) is 0 Å². The molecule has 0 radical (unpaired) electrons. The Labute approximate surface area is 386 Å². The maximum absolute atomic E-state index is 12.8. The molecule has 6 atom stereocenters. The molecule has 0 bridgehead atoms. The fourth-order valence-corrected chi connectivity index (χ4v) is 8.42. The quantitative estimate of drug-likeness (QED) is 0.0264. The normalized spacial score (nSPS) is 19.5. The first-order valence-electron chi connectivity index (χ1n) is 26.8. The third-order valence-electron chi connectivity index (χ3n) is 12.7. The standard InChI is InChI=1S/C53H100O10/c1-3-5-7-9-11-13-15-17-19-21-22-23-24-26-28-30-32-34-36-38-40-42-49(56)62-46(45-61-53-52(59)51(58)50(57)47(43-54)63-53)44-60-48(55)41-39-37-35-33-31-29-27-25-20-18-16-14-12-10-8-6-4-2/h14,16,46-47,50-54,57-59H,3-13,15,17-45H2,1-2H3/b16-14+/t46-,47-,50+,51?,52?,53-/m1/s1. The fourth-order valence-electron chi connectivity index (χ4n) is 8.42. The molecule has 0 aliphatic carbocycles. The summed E-state index contributed by atoms with van der Waals surface area (Å²) in [5.74, 6) is -0.792. The Balaban J connectivity index is 2.22. The van der Waals surface area contributed by atoms with Crippen LogP contribution in [0.4, 0.5) is 0 Å². The summed E-state index contributed by atoms with van der Waals surface area (Å²) in [5.41, 5.74) is 0. The maximum atomic E-state index is 12.8. The van der Waals surface area contributed by atoms with Crippen LogP contribution in [0, 0.1) is 0 Å². The van der Waals surface area contributed by atoms with Crippen LogP contribution in [0.25, 0.3) is 0 Å². The third kappa shape index (κ3) is 35.3. The summed E-state index contributed by atoms with van der Waals surface area (Å²) in [6, 6.07) is 0. The van der Waals surface area contributed by atoms with Crippen LogP contribution < -0.4 is 0 Å². The van der Waals surface area contributed by atoms with Crippen molar-refractivity contribution in [1.82, 2.24) is 0 Å². The van der Waals surface area contributed by atoms with E-state index in [0.29, 0.717) is 6.42 Å². The highest BCUT2D eigenvalue weighted by Gasteiger charge is 2.44. The van der Waals surface area contributed by atoms with Gasteiger partial charge in [-0.2, -0.15) is 0 Å². The van der Waals surface area contributed by atoms with Crippen molar-refractivity contribution in [3.63, 3.8) is 0 Å². The van der Waals surface area contributed by atoms with Crippen molar-refractivity contribution in [2.75, 3.05) is 19.8 Å². The number of aliphatic hydroxyl groups is 4. The van der Waals surface area contributed by atoms with E-state index >= 15 is 0 Å². The zero-order chi connectivity index (χ0) is 45.9. The minimum Gasteiger partial charge on any atom is -0.462 e. The average molecular weight is 897 g/mol. The molecule has 1 saturated heterocycles. The maximum Gasteiger partial charge on any atom is 0.306 e. The molecule has 1 heterocycles. The van der Waals surface area contributed by atoms with Gasteiger partial charge < -0.3 is 39.4 Å². The van der Waals surface area contributed by atoms with Crippen molar-refractivity contribution in [2.45, 2.75) is 295 Å². The first kappa shape index (κ1) is 59.5. The summed E-state index contributed by atoms with van der Waals surface area (Å²) in [6.07, 6.45) is 42.2. The largest absolute Gasteiger partial charge is 0.462 e. The topological polar surface area (TPSA) is 152 Å².